The molecule has 2 unspecified atom stereocenters. The highest BCUT2D eigenvalue weighted by atomic mass is 16.3. The van der Waals surface area contributed by atoms with Crippen molar-refractivity contribution in [1.82, 2.24) is 10.2 Å². The van der Waals surface area contributed by atoms with E-state index in [2.05, 4.69) is 5.32 Å². The lowest BCUT2D eigenvalue weighted by molar-refractivity contribution is -0.146. The van der Waals surface area contributed by atoms with E-state index in [-0.39, 0.29) is 29.4 Å². The third kappa shape index (κ3) is 2.07. The summed E-state index contributed by atoms with van der Waals surface area (Å²) in [6, 6.07) is 3.50. The zero-order chi connectivity index (χ0) is 14.3. The summed E-state index contributed by atoms with van der Waals surface area (Å²) in [5.74, 6) is -0.599. The van der Waals surface area contributed by atoms with E-state index in [4.69, 9.17) is 0 Å². The highest BCUT2D eigenvalue weighted by molar-refractivity contribution is 5.97. The van der Waals surface area contributed by atoms with Crippen LogP contribution in [0.4, 0.5) is 0 Å². The summed E-state index contributed by atoms with van der Waals surface area (Å²) < 4.78 is 0. The van der Waals surface area contributed by atoms with Gasteiger partial charge in [0.1, 0.15) is 12.1 Å². The average molecular weight is 276 g/mol. The van der Waals surface area contributed by atoms with Crippen LogP contribution in [0.2, 0.25) is 0 Å². The molecule has 2 amide bonds. The van der Waals surface area contributed by atoms with Crippen LogP contribution in [0.3, 0.4) is 0 Å². The molecule has 2 fully saturated rings. The summed E-state index contributed by atoms with van der Waals surface area (Å²) in [5, 5.41) is 21.5. The van der Waals surface area contributed by atoms with E-state index in [1.807, 2.05) is 0 Å². The van der Waals surface area contributed by atoms with Crippen LogP contribution in [-0.2, 0) is 16.0 Å². The SMILES string of the molecule is O=C1NC(Cc2ccc(O)c(O)c2)C(=O)N2CCCC12. The Bertz CT molecular complexity index is 572. The molecule has 0 spiro atoms. The van der Waals surface area contributed by atoms with Crippen molar-refractivity contribution in [1.29, 1.82) is 0 Å². The highest BCUT2D eigenvalue weighted by Gasteiger charge is 2.42. The molecule has 0 bridgehead atoms. The van der Waals surface area contributed by atoms with Gasteiger partial charge in [0, 0.05) is 13.0 Å². The number of rotatable bonds is 2. The molecular formula is C14H16N2O4. The van der Waals surface area contributed by atoms with Gasteiger partial charge in [0.25, 0.3) is 0 Å². The van der Waals surface area contributed by atoms with E-state index in [0.717, 1.165) is 12.8 Å². The number of amides is 2. The smallest absolute Gasteiger partial charge is 0.246 e. The van der Waals surface area contributed by atoms with Crippen molar-refractivity contribution in [2.24, 2.45) is 0 Å². The fourth-order valence-electron chi connectivity index (χ4n) is 2.90. The summed E-state index contributed by atoms with van der Waals surface area (Å²) in [6.07, 6.45) is 1.89. The van der Waals surface area contributed by atoms with E-state index in [1.165, 1.54) is 12.1 Å². The van der Waals surface area contributed by atoms with Crippen LogP contribution in [0.1, 0.15) is 18.4 Å². The van der Waals surface area contributed by atoms with Gasteiger partial charge in [0.15, 0.2) is 11.5 Å². The predicted molar refractivity (Wildman–Crippen MR) is 70.1 cm³/mol. The third-order valence-electron chi connectivity index (χ3n) is 3.93. The van der Waals surface area contributed by atoms with Gasteiger partial charge in [0.05, 0.1) is 0 Å². The van der Waals surface area contributed by atoms with Gasteiger partial charge < -0.3 is 20.4 Å². The van der Waals surface area contributed by atoms with Crippen molar-refractivity contribution in [2.75, 3.05) is 6.54 Å². The molecule has 6 nitrogen and oxygen atoms in total. The van der Waals surface area contributed by atoms with Gasteiger partial charge in [-0.1, -0.05) is 6.07 Å². The molecule has 0 saturated carbocycles. The van der Waals surface area contributed by atoms with Gasteiger partial charge >= 0.3 is 0 Å². The van der Waals surface area contributed by atoms with Crippen molar-refractivity contribution >= 4 is 11.8 Å². The Morgan fingerprint density at radius 2 is 2.05 bits per heavy atom. The molecular weight excluding hydrogens is 260 g/mol. The van der Waals surface area contributed by atoms with Gasteiger partial charge in [-0.15, -0.1) is 0 Å². The van der Waals surface area contributed by atoms with Crippen LogP contribution in [0.25, 0.3) is 0 Å². The molecule has 2 atom stereocenters. The van der Waals surface area contributed by atoms with E-state index in [9.17, 15) is 19.8 Å². The number of benzene rings is 1. The van der Waals surface area contributed by atoms with Crippen LogP contribution in [0.15, 0.2) is 18.2 Å². The molecule has 3 rings (SSSR count). The third-order valence-corrected chi connectivity index (χ3v) is 3.93. The molecule has 0 aromatic heterocycles. The monoisotopic (exact) mass is 276 g/mol. The molecule has 1 aromatic rings. The number of hydrogen-bond acceptors (Lipinski definition) is 4. The predicted octanol–water partition coefficient (Wildman–Crippen LogP) is 0.130. The Kier molecular flexibility index (Phi) is 3.00. The first-order valence-electron chi connectivity index (χ1n) is 6.68. The number of nitrogens with zero attached hydrogens (tertiary/aromatic N) is 1. The number of piperazine rings is 1. The van der Waals surface area contributed by atoms with Crippen LogP contribution in [0.5, 0.6) is 11.5 Å². The van der Waals surface area contributed by atoms with E-state index < -0.39 is 6.04 Å². The lowest BCUT2D eigenvalue weighted by atomic mass is 10.0. The molecule has 2 aliphatic heterocycles. The molecule has 20 heavy (non-hydrogen) atoms. The minimum Gasteiger partial charge on any atom is -0.504 e. The second-order valence-corrected chi connectivity index (χ2v) is 5.28. The fourth-order valence-corrected chi connectivity index (χ4v) is 2.90. The van der Waals surface area contributed by atoms with Crippen LogP contribution < -0.4 is 5.32 Å². The first-order valence-corrected chi connectivity index (χ1v) is 6.68. The molecule has 106 valence electrons. The second kappa shape index (κ2) is 4.70. The molecule has 3 N–H and O–H groups in total. The first kappa shape index (κ1) is 12.8. The summed E-state index contributed by atoms with van der Waals surface area (Å²) in [4.78, 5) is 25.9. The number of carbonyl (C=O) groups is 2. The van der Waals surface area contributed by atoms with E-state index in [1.54, 1.807) is 11.0 Å². The number of phenols is 2. The second-order valence-electron chi connectivity index (χ2n) is 5.28. The Balaban J connectivity index is 1.78. The number of phenolic OH excluding ortho intramolecular Hbond substituents is 2. The molecule has 1 aromatic carbocycles. The lowest BCUT2D eigenvalue weighted by Crippen LogP contribution is -2.61. The van der Waals surface area contributed by atoms with Crippen LogP contribution in [0, 0.1) is 0 Å². The minimum atomic E-state index is -0.596. The number of nitrogens with one attached hydrogen (secondary N) is 1. The zero-order valence-electron chi connectivity index (χ0n) is 10.9. The molecule has 0 aliphatic carbocycles. The summed E-state index contributed by atoms with van der Waals surface area (Å²) in [6.45, 7) is 0.633. The molecule has 2 heterocycles. The normalized spacial score (nSPS) is 25.5. The van der Waals surface area contributed by atoms with Crippen molar-refractivity contribution in [3.8, 4) is 11.5 Å². The quantitative estimate of drug-likeness (QED) is 0.670. The standard InChI is InChI=1S/C14H16N2O4/c17-11-4-3-8(7-12(11)18)6-9-14(20)16-5-1-2-10(16)13(19)15-9/h3-4,7,9-10,17-18H,1-2,5-6H2,(H,15,19). The topological polar surface area (TPSA) is 89.9 Å². The van der Waals surface area contributed by atoms with Gasteiger partial charge in [-0.3, -0.25) is 9.59 Å². The zero-order valence-corrected chi connectivity index (χ0v) is 10.9. The average Bonchev–Trinajstić information content (AvgIpc) is 2.90. The van der Waals surface area contributed by atoms with E-state index in [0.29, 0.717) is 18.5 Å². The van der Waals surface area contributed by atoms with Crippen molar-refractivity contribution in [2.45, 2.75) is 31.3 Å². The first-order chi connectivity index (χ1) is 9.56. The summed E-state index contributed by atoms with van der Waals surface area (Å²) in [5.41, 5.74) is 0.691. The number of fused-ring (bicyclic) bond motifs is 1. The van der Waals surface area contributed by atoms with Crippen molar-refractivity contribution in [3.05, 3.63) is 23.8 Å². The van der Waals surface area contributed by atoms with Crippen molar-refractivity contribution in [3.63, 3.8) is 0 Å². The Labute approximate surface area is 116 Å². The Morgan fingerprint density at radius 3 is 2.80 bits per heavy atom. The maximum absolute atomic E-state index is 12.3. The Morgan fingerprint density at radius 1 is 1.25 bits per heavy atom. The summed E-state index contributed by atoms with van der Waals surface area (Å²) in [7, 11) is 0. The van der Waals surface area contributed by atoms with Gasteiger partial charge in [0.2, 0.25) is 11.8 Å². The minimum absolute atomic E-state index is 0.0698. The molecule has 2 saturated heterocycles. The number of hydrogen-bond donors (Lipinski definition) is 3. The summed E-state index contributed by atoms with van der Waals surface area (Å²) >= 11 is 0. The van der Waals surface area contributed by atoms with Crippen LogP contribution in [-0.4, -0.2) is 45.6 Å². The van der Waals surface area contributed by atoms with Gasteiger partial charge in [-0.2, -0.15) is 0 Å². The number of aromatic hydroxyl groups is 2. The largest absolute Gasteiger partial charge is 0.504 e. The maximum atomic E-state index is 12.3. The van der Waals surface area contributed by atoms with Gasteiger partial charge in [-0.05, 0) is 30.5 Å². The molecule has 0 radical (unpaired) electrons. The van der Waals surface area contributed by atoms with Crippen molar-refractivity contribution < 1.29 is 19.8 Å². The highest BCUT2D eigenvalue weighted by Crippen LogP contribution is 2.27. The Hall–Kier alpha value is -2.24. The van der Waals surface area contributed by atoms with E-state index >= 15 is 0 Å². The maximum Gasteiger partial charge on any atom is 0.246 e. The fraction of sp³-hybridized carbons (Fsp3) is 0.429. The lowest BCUT2D eigenvalue weighted by Gasteiger charge is -2.34. The van der Waals surface area contributed by atoms with Crippen LogP contribution >= 0.6 is 0 Å². The van der Waals surface area contributed by atoms with Gasteiger partial charge in [-0.25, -0.2) is 0 Å². The number of carbonyl (C=O) groups excluding carboxylic acids is 2. The molecule has 6 heteroatoms. The molecule has 2 aliphatic rings.